The summed E-state index contributed by atoms with van der Waals surface area (Å²) in [5, 5.41) is 2.57. The monoisotopic (exact) mass is 287 g/mol. The van der Waals surface area contributed by atoms with Gasteiger partial charge in [0.25, 0.3) is 0 Å². The molecule has 1 unspecified atom stereocenters. The number of esters is 1. The van der Waals surface area contributed by atoms with Crippen molar-refractivity contribution in [3.05, 3.63) is 0 Å². The number of rotatable bonds is 11. The Labute approximate surface area is 122 Å². The van der Waals surface area contributed by atoms with Crippen molar-refractivity contribution in [1.29, 1.82) is 0 Å². The number of hydrogen-bond acceptors (Lipinski definition) is 4. The van der Waals surface area contributed by atoms with Crippen molar-refractivity contribution < 1.29 is 19.1 Å². The van der Waals surface area contributed by atoms with Crippen molar-refractivity contribution in [2.75, 3.05) is 13.2 Å². The first-order valence-corrected chi connectivity index (χ1v) is 7.75. The summed E-state index contributed by atoms with van der Waals surface area (Å²) in [7, 11) is 0. The maximum atomic E-state index is 11.9. The summed E-state index contributed by atoms with van der Waals surface area (Å²) in [5.74, 6) is -0.358. The zero-order valence-corrected chi connectivity index (χ0v) is 13.1. The van der Waals surface area contributed by atoms with E-state index in [1.807, 2.05) is 6.92 Å². The summed E-state index contributed by atoms with van der Waals surface area (Å²) in [6.07, 6.45) is 6.09. The molecule has 1 N–H and O–H groups in total. The van der Waals surface area contributed by atoms with E-state index in [9.17, 15) is 9.59 Å². The number of carbonyl (C=O) groups excluding carboxylic acids is 2. The number of unbranched alkanes of at least 4 members (excludes halogenated alkanes) is 4. The summed E-state index contributed by atoms with van der Waals surface area (Å²) in [6, 6.07) is -0.597. The van der Waals surface area contributed by atoms with E-state index in [0.29, 0.717) is 19.6 Å². The fourth-order valence-electron chi connectivity index (χ4n) is 1.77. The van der Waals surface area contributed by atoms with Gasteiger partial charge < -0.3 is 14.8 Å². The van der Waals surface area contributed by atoms with Gasteiger partial charge in [-0.3, -0.25) is 0 Å². The first-order chi connectivity index (χ1) is 9.65. The highest BCUT2D eigenvalue weighted by atomic mass is 16.6. The average molecular weight is 287 g/mol. The molecule has 20 heavy (non-hydrogen) atoms. The van der Waals surface area contributed by atoms with Crippen molar-refractivity contribution in [3.8, 4) is 0 Å². The van der Waals surface area contributed by atoms with E-state index in [4.69, 9.17) is 9.47 Å². The Hall–Kier alpha value is -1.26. The second kappa shape index (κ2) is 12.8. The fourth-order valence-corrected chi connectivity index (χ4v) is 1.77. The zero-order valence-electron chi connectivity index (χ0n) is 13.1. The Balaban J connectivity index is 4.09. The average Bonchev–Trinajstić information content (AvgIpc) is 2.43. The molecule has 1 amide bonds. The van der Waals surface area contributed by atoms with E-state index in [-0.39, 0.29) is 5.97 Å². The van der Waals surface area contributed by atoms with E-state index in [2.05, 4.69) is 12.2 Å². The van der Waals surface area contributed by atoms with Gasteiger partial charge in [0.2, 0.25) is 0 Å². The Bertz CT molecular complexity index is 269. The molecule has 0 heterocycles. The Morgan fingerprint density at radius 3 is 2.25 bits per heavy atom. The first kappa shape index (κ1) is 18.7. The molecule has 0 aromatic carbocycles. The lowest BCUT2D eigenvalue weighted by atomic mass is 10.1. The molecule has 0 radical (unpaired) electrons. The van der Waals surface area contributed by atoms with Crippen LogP contribution in [0.5, 0.6) is 0 Å². The Morgan fingerprint density at radius 2 is 1.65 bits per heavy atom. The molecule has 0 saturated carbocycles. The summed E-state index contributed by atoms with van der Waals surface area (Å²) in [6.45, 7) is 6.62. The molecule has 0 aliphatic carbocycles. The van der Waals surface area contributed by atoms with Crippen molar-refractivity contribution in [1.82, 2.24) is 5.32 Å². The van der Waals surface area contributed by atoms with Crippen LogP contribution in [0, 0.1) is 0 Å². The van der Waals surface area contributed by atoms with E-state index in [1.165, 1.54) is 0 Å². The molecule has 5 heteroatoms. The fraction of sp³-hybridized carbons (Fsp3) is 0.867. The molecule has 118 valence electrons. The van der Waals surface area contributed by atoms with Gasteiger partial charge in [0.15, 0.2) is 0 Å². The predicted octanol–water partition coefficient (Wildman–Crippen LogP) is 3.41. The van der Waals surface area contributed by atoms with Gasteiger partial charge in [-0.05, 0) is 19.8 Å². The van der Waals surface area contributed by atoms with E-state index < -0.39 is 12.1 Å². The lowest BCUT2D eigenvalue weighted by Crippen LogP contribution is -2.42. The van der Waals surface area contributed by atoms with Gasteiger partial charge in [0, 0.05) is 0 Å². The molecule has 0 aliphatic rings. The van der Waals surface area contributed by atoms with Crippen LogP contribution < -0.4 is 5.32 Å². The number of carbonyl (C=O) groups is 2. The van der Waals surface area contributed by atoms with Crippen molar-refractivity contribution in [2.24, 2.45) is 0 Å². The largest absolute Gasteiger partial charge is 0.464 e. The van der Waals surface area contributed by atoms with Crippen LogP contribution in [0.4, 0.5) is 4.79 Å². The highest BCUT2D eigenvalue weighted by Gasteiger charge is 2.22. The summed E-state index contributed by atoms with van der Waals surface area (Å²) < 4.78 is 10.0. The maximum absolute atomic E-state index is 11.9. The van der Waals surface area contributed by atoms with Crippen LogP contribution in [0.3, 0.4) is 0 Å². The van der Waals surface area contributed by atoms with Crippen LogP contribution >= 0.6 is 0 Å². The van der Waals surface area contributed by atoms with Crippen molar-refractivity contribution >= 4 is 12.1 Å². The molecule has 5 nitrogen and oxygen atoms in total. The Kier molecular flexibility index (Phi) is 12.0. The molecular formula is C15H29NO4. The molecule has 0 aliphatic heterocycles. The van der Waals surface area contributed by atoms with E-state index in [1.54, 1.807) is 6.92 Å². The van der Waals surface area contributed by atoms with E-state index >= 15 is 0 Å². The van der Waals surface area contributed by atoms with Gasteiger partial charge in [-0.25, -0.2) is 9.59 Å². The quantitative estimate of drug-likeness (QED) is 0.467. The van der Waals surface area contributed by atoms with Crippen LogP contribution in [-0.2, 0) is 14.3 Å². The van der Waals surface area contributed by atoms with Gasteiger partial charge in [0.05, 0.1) is 13.2 Å². The van der Waals surface area contributed by atoms with Crippen molar-refractivity contribution in [2.45, 2.75) is 71.8 Å². The molecular weight excluding hydrogens is 258 g/mol. The number of alkyl carbamates (subject to hydrolysis) is 1. The Morgan fingerprint density at radius 1 is 0.950 bits per heavy atom. The molecule has 0 saturated heterocycles. The predicted molar refractivity (Wildman–Crippen MR) is 78.6 cm³/mol. The smallest absolute Gasteiger partial charge is 0.407 e. The van der Waals surface area contributed by atoms with Crippen LogP contribution in [0.15, 0.2) is 0 Å². The van der Waals surface area contributed by atoms with Gasteiger partial charge in [-0.2, -0.15) is 0 Å². The third-order valence-electron chi connectivity index (χ3n) is 2.94. The lowest BCUT2D eigenvalue weighted by molar-refractivity contribution is -0.146. The number of ether oxygens (including phenoxy) is 2. The van der Waals surface area contributed by atoms with Gasteiger partial charge in [-0.1, -0.05) is 46.0 Å². The molecule has 0 bridgehead atoms. The van der Waals surface area contributed by atoms with E-state index in [0.717, 1.165) is 38.5 Å². The summed E-state index contributed by atoms with van der Waals surface area (Å²) in [4.78, 5) is 23.3. The standard InChI is InChI=1S/C15H29NO4/c1-4-7-9-10-12-20-14(17)13(11-8-5-2)16-15(18)19-6-3/h13H,4-12H2,1-3H3,(H,16,18). The highest BCUT2D eigenvalue weighted by Crippen LogP contribution is 2.05. The number of hydrogen-bond donors (Lipinski definition) is 1. The zero-order chi connectivity index (χ0) is 15.2. The minimum atomic E-state index is -0.597. The molecule has 0 spiro atoms. The third kappa shape index (κ3) is 9.64. The number of amides is 1. The van der Waals surface area contributed by atoms with Gasteiger partial charge >= 0.3 is 12.1 Å². The SMILES string of the molecule is CCCCCCOC(=O)C(CCCC)NC(=O)OCC. The first-order valence-electron chi connectivity index (χ1n) is 7.75. The molecule has 1 atom stereocenters. The van der Waals surface area contributed by atoms with Crippen LogP contribution in [0.2, 0.25) is 0 Å². The second-order valence-electron chi connectivity index (χ2n) is 4.79. The minimum Gasteiger partial charge on any atom is -0.464 e. The third-order valence-corrected chi connectivity index (χ3v) is 2.94. The minimum absolute atomic E-state index is 0.290. The second-order valence-corrected chi connectivity index (χ2v) is 4.79. The van der Waals surface area contributed by atoms with Gasteiger partial charge in [-0.15, -0.1) is 0 Å². The highest BCUT2D eigenvalue weighted by molar-refractivity contribution is 5.81. The summed E-state index contributed by atoms with van der Waals surface area (Å²) >= 11 is 0. The van der Waals surface area contributed by atoms with Crippen molar-refractivity contribution in [3.63, 3.8) is 0 Å². The van der Waals surface area contributed by atoms with Gasteiger partial charge in [0.1, 0.15) is 6.04 Å². The van der Waals surface area contributed by atoms with Crippen LogP contribution in [0.25, 0.3) is 0 Å². The lowest BCUT2D eigenvalue weighted by Gasteiger charge is -2.17. The summed E-state index contributed by atoms with van der Waals surface area (Å²) in [5.41, 5.74) is 0. The molecule has 0 rings (SSSR count). The van der Waals surface area contributed by atoms with Crippen LogP contribution in [0.1, 0.15) is 65.7 Å². The molecule has 0 fully saturated rings. The topological polar surface area (TPSA) is 64.6 Å². The molecule has 0 aromatic rings. The molecule has 0 aromatic heterocycles. The number of nitrogens with one attached hydrogen (secondary N) is 1. The maximum Gasteiger partial charge on any atom is 0.407 e. The van der Waals surface area contributed by atoms with Crippen LogP contribution in [-0.4, -0.2) is 31.3 Å². The normalized spacial score (nSPS) is 11.8.